The predicted molar refractivity (Wildman–Crippen MR) is 92.7 cm³/mol. The molecule has 8 heteroatoms. The highest BCUT2D eigenvalue weighted by Gasteiger charge is 2.73. The largest absolute Gasteiger partial charge is 0.447 e. The Bertz CT molecular complexity index is 878. The molecule has 2 heterocycles. The lowest BCUT2D eigenvalue weighted by Gasteiger charge is -2.43. The van der Waals surface area contributed by atoms with Crippen LogP contribution >= 0.6 is 0 Å². The molecular formula is C20H21F3N2O3. The molecule has 2 aliphatic heterocycles. The monoisotopic (exact) mass is 394 g/mol. The number of hydrogen-bond donors (Lipinski definition) is 2. The molecule has 0 bridgehead atoms. The molecule has 150 valence electrons. The van der Waals surface area contributed by atoms with Gasteiger partial charge in [0.1, 0.15) is 12.4 Å². The number of carbonyl (C=O) groups excluding carboxylic acids is 2. The molecule has 2 saturated heterocycles. The van der Waals surface area contributed by atoms with Crippen LogP contribution in [0.1, 0.15) is 35.4 Å². The van der Waals surface area contributed by atoms with Crippen LogP contribution in [-0.2, 0) is 15.7 Å². The van der Waals surface area contributed by atoms with Crippen LogP contribution in [0, 0.1) is 24.2 Å². The first-order valence-electron chi connectivity index (χ1n) is 9.55. The molecule has 5 nitrogen and oxygen atoms in total. The van der Waals surface area contributed by atoms with Crippen molar-refractivity contribution in [3.8, 4) is 0 Å². The highest BCUT2D eigenvalue weighted by molar-refractivity contribution is 5.94. The number of nitrogens with one attached hydrogen (secondary N) is 2. The third-order valence-corrected chi connectivity index (χ3v) is 7.26. The van der Waals surface area contributed by atoms with Crippen LogP contribution in [-0.4, -0.2) is 37.1 Å². The molecule has 28 heavy (non-hydrogen) atoms. The number of amides is 1. The molecule has 2 N–H and O–H groups in total. The van der Waals surface area contributed by atoms with Gasteiger partial charge in [0.05, 0.1) is 16.5 Å². The maximum absolute atomic E-state index is 13.4. The van der Waals surface area contributed by atoms with E-state index in [-0.39, 0.29) is 35.7 Å². The molecule has 3 atom stereocenters. The molecule has 0 aromatic heterocycles. The second-order valence-electron chi connectivity index (χ2n) is 8.72. The van der Waals surface area contributed by atoms with E-state index in [0.717, 1.165) is 6.07 Å². The number of piperidine rings is 1. The first-order chi connectivity index (χ1) is 13.2. The Hall–Kier alpha value is -2.09. The average Bonchev–Trinajstić information content (AvgIpc) is 2.92. The van der Waals surface area contributed by atoms with Crippen molar-refractivity contribution in [2.75, 3.05) is 19.7 Å². The summed E-state index contributed by atoms with van der Waals surface area (Å²) in [5.74, 6) is -0.195. The topological polar surface area (TPSA) is 67.4 Å². The number of ketones is 1. The van der Waals surface area contributed by atoms with Crippen molar-refractivity contribution in [2.24, 2.45) is 17.3 Å². The van der Waals surface area contributed by atoms with Gasteiger partial charge in [-0.15, -0.1) is 0 Å². The summed E-state index contributed by atoms with van der Waals surface area (Å²) in [6.07, 6.45) is -3.77. The molecule has 4 aliphatic rings. The molecule has 2 aliphatic carbocycles. The number of ether oxygens (including phenoxy) is 1. The van der Waals surface area contributed by atoms with Gasteiger partial charge in [0.15, 0.2) is 0 Å². The second kappa shape index (κ2) is 5.49. The Balaban J connectivity index is 1.40. The molecule has 1 aromatic carbocycles. The molecule has 5 rings (SSSR count). The SMILES string of the molecule is Cc1c([C@@H]2[C@@H]3CNC[C@@]23C(=O)C2CC3(COC(=O)N3)C2)cccc1C(F)(F)F. The second-order valence-corrected chi connectivity index (χ2v) is 8.72. The summed E-state index contributed by atoms with van der Waals surface area (Å²) in [7, 11) is 0. The zero-order valence-corrected chi connectivity index (χ0v) is 15.4. The lowest BCUT2D eigenvalue weighted by Crippen LogP contribution is -2.57. The molecule has 0 unspecified atom stereocenters. The van der Waals surface area contributed by atoms with Crippen LogP contribution in [0.15, 0.2) is 18.2 Å². The summed E-state index contributed by atoms with van der Waals surface area (Å²) >= 11 is 0. The number of alkyl halides is 3. The van der Waals surface area contributed by atoms with Crippen molar-refractivity contribution < 1.29 is 27.5 Å². The molecule has 4 fully saturated rings. The predicted octanol–water partition coefficient (Wildman–Crippen LogP) is 2.77. The van der Waals surface area contributed by atoms with E-state index in [1.807, 2.05) is 0 Å². The van der Waals surface area contributed by atoms with Gasteiger partial charge in [-0.1, -0.05) is 12.1 Å². The number of benzene rings is 1. The smallest absolute Gasteiger partial charge is 0.416 e. The van der Waals surface area contributed by atoms with Crippen molar-refractivity contribution in [1.82, 2.24) is 10.6 Å². The maximum atomic E-state index is 13.4. The standard InChI is InChI=1S/C20H21F3N2O3/c1-10-12(3-2-4-13(10)20(21,22)23)15-14-7-24-8-19(14,15)16(26)11-5-18(6-11)9-28-17(27)25-18/h2-4,11,14-15,24H,5-9H2,1H3,(H,25,27)/t11?,14-,15+,18?,19-/m0/s1. The number of alkyl carbamates (subject to hydrolysis) is 1. The number of hydrogen-bond acceptors (Lipinski definition) is 4. The van der Waals surface area contributed by atoms with Gasteiger partial charge in [0.25, 0.3) is 0 Å². The number of fused-ring (bicyclic) bond motifs is 1. The van der Waals surface area contributed by atoms with Crippen LogP contribution in [0.4, 0.5) is 18.0 Å². The van der Waals surface area contributed by atoms with Crippen molar-refractivity contribution in [3.05, 3.63) is 34.9 Å². The fourth-order valence-corrected chi connectivity index (χ4v) is 5.87. The lowest BCUT2D eigenvalue weighted by molar-refractivity contribution is -0.138. The summed E-state index contributed by atoms with van der Waals surface area (Å²) in [5.41, 5.74) is -0.820. The minimum absolute atomic E-state index is 0.0353. The van der Waals surface area contributed by atoms with Gasteiger partial charge >= 0.3 is 12.3 Å². The molecule has 1 aromatic rings. The van der Waals surface area contributed by atoms with Crippen molar-refractivity contribution in [3.63, 3.8) is 0 Å². The zero-order chi connectivity index (χ0) is 19.9. The van der Waals surface area contributed by atoms with E-state index in [0.29, 0.717) is 31.5 Å². The summed E-state index contributed by atoms with van der Waals surface area (Å²) < 4.78 is 44.9. The molecule has 1 amide bonds. The average molecular weight is 394 g/mol. The summed E-state index contributed by atoms with van der Waals surface area (Å²) in [6.45, 7) is 2.93. The Morgan fingerprint density at radius 3 is 2.68 bits per heavy atom. The molecule has 1 spiro atoms. The van der Waals surface area contributed by atoms with E-state index >= 15 is 0 Å². The zero-order valence-electron chi connectivity index (χ0n) is 15.4. The maximum Gasteiger partial charge on any atom is 0.416 e. The number of cyclic esters (lactones) is 1. The summed E-state index contributed by atoms with van der Waals surface area (Å²) in [6, 6.07) is 4.27. The fraction of sp³-hybridized carbons (Fsp3) is 0.600. The van der Waals surface area contributed by atoms with E-state index < -0.39 is 28.8 Å². The van der Waals surface area contributed by atoms with E-state index in [1.165, 1.54) is 13.0 Å². The number of rotatable bonds is 3. The Morgan fingerprint density at radius 1 is 1.29 bits per heavy atom. The molecule has 0 radical (unpaired) electrons. The Morgan fingerprint density at radius 2 is 2.04 bits per heavy atom. The minimum Gasteiger partial charge on any atom is -0.447 e. The Labute approximate surface area is 160 Å². The third kappa shape index (κ3) is 2.30. The van der Waals surface area contributed by atoms with Gasteiger partial charge in [-0.25, -0.2) is 4.79 Å². The molecule has 2 saturated carbocycles. The van der Waals surface area contributed by atoms with Gasteiger partial charge in [-0.3, -0.25) is 4.79 Å². The van der Waals surface area contributed by atoms with Crippen molar-refractivity contribution >= 4 is 11.9 Å². The summed E-state index contributed by atoms with van der Waals surface area (Å²) in [4.78, 5) is 24.7. The van der Waals surface area contributed by atoms with Crippen LogP contribution < -0.4 is 10.6 Å². The van der Waals surface area contributed by atoms with Crippen LogP contribution in [0.3, 0.4) is 0 Å². The van der Waals surface area contributed by atoms with E-state index in [2.05, 4.69) is 10.6 Å². The Kier molecular flexibility index (Phi) is 3.53. The first kappa shape index (κ1) is 18.0. The quantitative estimate of drug-likeness (QED) is 0.828. The van der Waals surface area contributed by atoms with Gasteiger partial charge in [-0.2, -0.15) is 13.2 Å². The first-order valence-corrected chi connectivity index (χ1v) is 9.55. The van der Waals surface area contributed by atoms with Gasteiger partial charge < -0.3 is 15.4 Å². The van der Waals surface area contributed by atoms with Crippen molar-refractivity contribution in [2.45, 2.75) is 37.4 Å². The van der Waals surface area contributed by atoms with Gasteiger partial charge in [-0.05, 0) is 49.4 Å². The number of halogens is 3. The normalized spacial score (nSPS) is 38.6. The van der Waals surface area contributed by atoms with Gasteiger partial charge in [0.2, 0.25) is 0 Å². The summed E-state index contributed by atoms with van der Waals surface area (Å²) in [5, 5.41) is 6.03. The molecular weight excluding hydrogens is 373 g/mol. The van der Waals surface area contributed by atoms with Crippen LogP contribution in [0.2, 0.25) is 0 Å². The fourth-order valence-electron chi connectivity index (χ4n) is 5.87. The highest BCUT2D eigenvalue weighted by atomic mass is 19.4. The van der Waals surface area contributed by atoms with Crippen LogP contribution in [0.25, 0.3) is 0 Å². The van der Waals surface area contributed by atoms with E-state index in [1.54, 1.807) is 6.07 Å². The van der Waals surface area contributed by atoms with E-state index in [9.17, 15) is 22.8 Å². The number of carbonyl (C=O) groups is 2. The minimum atomic E-state index is -4.40. The van der Waals surface area contributed by atoms with E-state index in [4.69, 9.17) is 4.74 Å². The lowest BCUT2D eigenvalue weighted by atomic mass is 9.64. The third-order valence-electron chi connectivity index (χ3n) is 7.26. The van der Waals surface area contributed by atoms with Crippen molar-refractivity contribution in [1.29, 1.82) is 0 Å². The number of Topliss-reactive ketones (excluding diaryl/α,β-unsaturated/α-hetero) is 1. The van der Waals surface area contributed by atoms with Gasteiger partial charge in [0, 0.05) is 18.4 Å². The van der Waals surface area contributed by atoms with Crippen LogP contribution in [0.5, 0.6) is 0 Å². The highest BCUT2D eigenvalue weighted by Crippen LogP contribution is 2.69.